The van der Waals surface area contributed by atoms with Crippen LogP contribution in [0.3, 0.4) is 0 Å². The van der Waals surface area contributed by atoms with Gasteiger partial charge in [-0.1, -0.05) is 0 Å². The van der Waals surface area contributed by atoms with Gasteiger partial charge in [0.15, 0.2) is 0 Å². The second kappa shape index (κ2) is 6.69. The van der Waals surface area contributed by atoms with E-state index in [-0.39, 0.29) is 23.7 Å². The SMILES string of the molecule is CC(C)(CC(=O)CC[N+](C)(C)C)NCl.[Cl-]. The first-order valence-corrected chi connectivity index (χ1v) is 5.24. The van der Waals surface area contributed by atoms with Gasteiger partial charge in [0.25, 0.3) is 0 Å². The average molecular weight is 257 g/mol. The van der Waals surface area contributed by atoms with Gasteiger partial charge in [0, 0.05) is 12.0 Å². The van der Waals surface area contributed by atoms with Crippen LogP contribution in [0.2, 0.25) is 0 Å². The molecule has 0 aromatic rings. The second-order valence-electron chi connectivity index (χ2n) is 5.46. The Balaban J connectivity index is 0. The number of ketones is 1. The lowest BCUT2D eigenvalue weighted by molar-refractivity contribution is -0.869. The van der Waals surface area contributed by atoms with Crippen molar-refractivity contribution in [1.29, 1.82) is 0 Å². The lowest BCUT2D eigenvalue weighted by Crippen LogP contribution is -3.00. The summed E-state index contributed by atoms with van der Waals surface area (Å²) in [7, 11) is 6.24. The van der Waals surface area contributed by atoms with Crippen molar-refractivity contribution in [2.45, 2.75) is 32.2 Å². The van der Waals surface area contributed by atoms with Crippen LogP contribution in [0.5, 0.6) is 0 Å². The third-order valence-electron chi connectivity index (χ3n) is 1.96. The molecule has 0 rings (SSSR count). The molecular formula is C10H22Cl2N2O. The van der Waals surface area contributed by atoms with E-state index in [0.29, 0.717) is 12.8 Å². The van der Waals surface area contributed by atoms with E-state index < -0.39 is 0 Å². The fraction of sp³-hybridized carbons (Fsp3) is 0.900. The normalized spacial score (nSPS) is 12.1. The Morgan fingerprint density at radius 2 is 1.80 bits per heavy atom. The third-order valence-corrected chi connectivity index (χ3v) is 2.47. The van der Waals surface area contributed by atoms with E-state index in [1.165, 1.54) is 0 Å². The second-order valence-corrected chi connectivity index (χ2v) is 5.65. The highest BCUT2D eigenvalue weighted by Crippen LogP contribution is 2.11. The van der Waals surface area contributed by atoms with Crippen LogP contribution in [0.1, 0.15) is 26.7 Å². The maximum absolute atomic E-state index is 11.6. The molecule has 0 bridgehead atoms. The third kappa shape index (κ3) is 10.5. The number of nitrogens with one attached hydrogen (secondary N) is 1. The van der Waals surface area contributed by atoms with Crippen molar-refractivity contribution in [3.63, 3.8) is 0 Å². The summed E-state index contributed by atoms with van der Waals surface area (Å²) in [6.45, 7) is 4.71. The summed E-state index contributed by atoms with van der Waals surface area (Å²) >= 11 is 5.52. The molecule has 0 aliphatic rings. The molecule has 0 saturated heterocycles. The van der Waals surface area contributed by atoms with Crippen molar-refractivity contribution in [3.8, 4) is 0 Å². The fourth-order valence-electron chi connectivity index (χ4n) is 1.07. The fourth-order valence-corrected chi connectivity index (χ4v) is 1.14. The average Bonchev–Trinajstić information content (AvgIpc) is 1.99. The van der Waals surface area contributed by atoms with Gasteiger partial charge in [0.2, 0.25) is 0 Å². The van der Waals surface area contributed by atoms with Gasteiger partial charge in [-0.2, -0.15) is 0 Å². The molecule has 0 unspecified atom stereocenters. The summed E-state index contributed by atoms with van der Waals surface area (Å²) in [5.74, 6) is 0.260. The zero-order valence-electron chi connectivity index (χ0n) is 10.2. The first kappa shape index (κ1) is 17.6. The number of halogens is 2. The summed E-state index contributed by atoms with van der Waals surface area (Å²) in [6, 6.07) is 0. The van der Waals surface area contributed by atoms with Crippen molar-refractivity contribution < 1.29 is 21.7 Å². The molecule has 0 aromatic heterocycles. The number of nitrogens with zero attached hydrogens (tertiary/aromatic N) is 1. The van der Waals surface area contributed by atoms with Crippen LogP contribution < -0.4 is 17.2 Å². The van der Waals surface area contributed by atoms with Gasteiger partial charge in [-0.25, -0.2) is 4.84 Å². The predicted octanol–water partition coefficient (Wildman–Crippen LogP) is -1.43. The van der Waals surface area contributed by atoms with Gasteiger partial charge in [-0.3, -0.25) is 4.79 Å². The molecule has 0 aromatic carbocycles. The van der Waals surface area contributed by atoms with Crippen LogP contribution in [-0.4, -0.2) is 43.5 Å². The highest BCUT2D eigenvalue weighted by Gasteiger charge is 2.21. The van der Waals surface area contributed by atoms with E-state index >= 15 is 0 Å². The van der Waals surface area contributed by atoms with E-state index in [0.717, 1.165) is 11.0 Å². The number of rotatable bonds is 6. The molecule has 0 radical (unpaired) electrons. The quantitative estimate of drug-likeness (QED) is 0.467. The predicted molar refractivity (Wildman–Crippen MR) is 60.2 cm³/mol. The molecule has 0 aliphatic heterocycles. The molecule has 15 heavy (non-hydrogen) atoms. The highest BCUT2D eigenvalue weighted by atomic mass is 35.5. The number of Topliss-reactive ketones (excluding diaryl/α,β-unsaturated/α-hetero) is 1. The van der Waals surface area contributed by atoms with Crippen LogP contribution >= 0.6 is 11.8 Å². The Kier molecular flexibility index (Phi) is 7.83. The van der Waals surface area contributed by atoms with Gasteiger partial charge in [0.1, 0.15) is 5.78 Å². The standard InChI is InChI=1S/C10H22ClN2O.ClH/c1-10(2,12-11)8-9(14)6-7-13(3,4)5;/h12H,6-8H2,1-5H3;1H/q+1;/p-1. The molecular weight excluding hydrogens is 235 g/mol. The van der Waals surface area contributed by atoms with Gasteiger partial charge in [-0.15, -0.1) is 0 Å². The molecule has 0 amide bonds. The summed E-state index contributed by atoms with van der Waals surface area (Å²) in [5.41, 5.74) is -0.302. The molecule has 3 nitrogen and oxygen atoms in total. The van der Waals surface area contributed by atoms with Crippen LogP contribution in [0.4, 0.5) is 0 Å². The molecule has 0 atom stereocenters. The summed E-state index contributed by atoms with van der Waals surface area (Å²) in [6.07, 6.45) is 1.10. The zero-order chi connectivity index (χ0) is 11.4. The molecule has 0 heterocycles. The minimum atomic E-state index is -0.302. The van der Waals surface area contributed by atoms with Gasteiger partial charge < -0.3 is 16.9 Å². The number of carbonyl (C=O) groups is 1. The molecule has 92 valence electrons. The maximum atomic E-state index is 11.6. The monoisotopic (exact) mass is 256 g/mol. The van der Waals surface area contributed by atoms with E-state index in [2.05, 4.69) is 26.0 Å². The molecule has 0 aliphatic carbocycles. The lowest BCUT2D eigenvalue weighted by Gasteiger charge is -2.25. The first-order valence-electron chi connectivity index (χ1n) is 4.86. The Bertz CT molecular complexity index is 200. The lowest BCUT2D eigenvalue weighted by atomic mass is 9.97. The Labute approximate surface area is 104 Å². The van der Waals surface area contributed by atoms with E-state index in [4.69, 9.17) is 11.8 Å². The molecule has 0 fully saturated rings. The Hall–Kier alpha value is 0.170. The highest BCUT2D eigenvalue weighted by molar-refractivity contribution is 6.14. The summed E-state index contributed by atoms with van der Waals surface area (Å²) in [4.78, 5) is 14.2. The zero-order valence-corrected chi connectivity index (χ0v) is 11.7. The minimum Gasteiger partial charge on any atom is -1.00 e. The van der Waals surface area contributed by atoms with E-state index in [1.54, 1.807) is 0 Å². The number of carbonyl (C=O) groups excluding carboxylic acids is 1. The Morgan fingerprint density at radius 1 is 1.33 bits per heavy atom. The van der Waals surface area contributed by atoms with Crippen molar-refractivity contribution in [2.75, 3.05) is 27.7 Å². The van der Waals surface area contributed by atoms with Crippen molar-refractivity contribution in [2.24, 2.45) is 0 Å². The molecule has 0 saturated carbocycles. The topological polar surface area (TPSA) is 29.1 Å². The number of hydrogen-bond donors (Lipinski definition) is 1. The van der Waals surface area contributed by atoms with Gasteiger partial charge in [-0.05, 0) is 25.6 Å². The van der Waals surface area contributed by atoms with Crippen molar-refractivity contribution >= 4 is 17.6 Å². The number of quaternary nitrogens is 1. The molecule has 1 N–H and O–H groups in total. The van der Waals surface area contributed by atoms with Crippen LogP contribution in [0.15, 0.2) is 0 Å². The maximum Gasteiger partial charge on any atom is 0.140 e. The van der Waals surface area contributed by atoms with E-state index in [1.807, 2.05) is 13.8 Å². The Morgan fingerprint density at radius 3 is 2.13 bits per heavy atom. The minimum absolute atomic E-state index is 0. The van der Waals surface area contributed by atoms with Gasteiger partial charge in [0.05, 0.1) is 34.1 Å². The molecule has 5 heteroatoms. The van der Waals surface area contributed by atoms with Crippen molar-refractivity contribution in [1.82, 2.24) is 4.84 Å². The van der Waals surface area contributed by atoms with E-state index in [9.17, 15) is 4.79 Å². The van der Waals surface area contributed by atoms with Gasteiger partial charge >= 0.3 is 0 Å². The number of hydrogen-bond acceptors (Lipinski definition) is 2. The van der Waals surface area contributed by atoms with Crippen molar-refractivity contribution in [3.05, 3.63) is 0 Å². The van der Waals surface area contributed by atoms with Crippen LogP contribution in [0, 0.1) is 0 Å². The molecule has 0 spiro atoms. The summed E-state index contributed by atoms with van der Waals surface area (Å²) < 4.78 is 0.820. The smallest absolute Gasteiger partial charge is 0.140 e. The summed E-state index contributed by atoms with van der Waals surface area (Å²) in [5, 5.41) is 0. The van der Waals surface area contributed by atoms with Crippen LogP contribution in [0.25, 0.3) is 0 Å². The van der Waals surface area contributed by atoms with Crippen LogP contribution in [-0.2, 0) is 4.79 Å². The first-order chi connectivity index (χ1) is 6.16. The largest absolute Gasteiger partial charge is 1.00 e.